The van der Waals surface area contributed by atoms with Crippen molar-refractivity contribution in [3.05, 3.63) is 87.1 Å². The number of hydrogen-bond acceptors (Lipinski definition) is 3. The summed E-state index contributed by atoms with van der Waals surface area (Å²) >= 11 is 6.01. The molecule has 1 atom stereocenters. The Bertz CT molecular complexity index is 1320. The Morgan fingerprint density at radius 3 is 2.48 bits per heavy atom. The largest absolute Gasteiger partial charge is 0.356 e. The normalized spacial score (nSPS) is 16.1. The van der Waals surface area contributed by atoms with Gasteiger partial charge in [-0.15, -0.1) is 0 Å². The van der Waals surface area contributed by atoms with E-state index in [2.05, 4.69) is 15.0 Å². The van der Waals surface area contributed by atoms with Crippen molar-refractivity contribution in [2.75, 3.05) is 11.4 Å². The lowest BCUT2D eigenvalue weighted by molar-refractivity contribution is 0.481. The van der Waals surface area contributed by atoms with Crippen molar-refractivity contribution < 1.29 is 13.2 Å². The molecule has 1 aliphatic heterocycles. The summed E-state index contributed by atoms with van der Waals surface area (Å²) in [6, 6.07) is 5.50. The molecule has 0 saturated heterocycles. The molecule has 3 heterocycles. The van der Waals surface area contributed by atoms with Gasteiger partial charge in [-0.2, -0.15) is 0 Å². The summed E-state index contributed by atoms with van der Waals surface area (Å²) in [6.07, 6.45) is 3.81. The molecule has 1 unspecified atom stereocenters. The van der Waals surface area contributed by atoms with Gasteiger partial charge in [0.1, 0.15) is 6.04 Å². The Kier molecular flexibility index (Phi) is 4.66. The topological polar surface area (TPSA) is 44.8 Å². The van der Waals surface area contributed by atoms with E-state index >= 15 is 4.39 Å². The molecule has 0 bridgehead atoms. The second kappa shape index (κ2) is 7.27. The van der Waals surface area contributed by atoms with Crippen LogP contribution < -0.4 is 4.90 Å². The summed E-state index contributed by atoms with van der Waals surface area (Å²) in [4.78, 5) is 13.8. The van der Waals surface area contributed by atoms with E-state index in [0.717, 1.165) is 5.56 Å². The summed E-state index contributed by atoms with van der Waals surface area (Å²) in [5.74, 6) is -1.98. The van der Waals surface area contributed by atoms with E-state index in [1.165, 1.54) is 19.1 Å². The fraction of sp³-hybridized carbons (Fsp3) is 0.217. The molecule has 2 aromatic heterocycles. The van der Waals surface area contributed by atoms with E-state index in [-0.39, 0.29) is 16.1 Å². The highest BCUT2D eigenvalue weighted by Crippen LogP contribution is 2.42. The first kappa shape index (κ1) is 19.9. The van der Waals surface area contributed by atoms with E-state index in [9.17, 15) is 8.78 Å². The van der Waals surface area contributed by atoms with Crippen LogP contribution in [0.4, 0.5) is 19.1 Å². The molecular weight excluding hydrogens is 425 g/mol. The third-order valence-electron chi connectivity index (χ3n) is 5.80. The first-order valence-corrected chi connectivity index (χ1v) is 10.2. The van der Waals surface area contributed by atoms with E-state index in [1.807, 2.05) is 11.8 Å². The SMILES string of the molecule is Cc1cnc(N2CCc3c([nH]c4ccc(Cl)c(F)c34)C2c2ccc(C)c(F)c2F)nc1. The maximum Gasteiger partial charge on any atom is 0.226 e. The number of rotatable bonds is 2. The summed E-state index contributed by atoms with van der Waals surface area (Å²) in [7, 11) is 0. The second-order valence-corrected chi connectivity index (χ2v) is 8.21. The summed E-state index contributed by atoms with van der Waals surface area (Å²) < 4.78 is 44.5. The fourth-order valence-corrected chi connectivity index (χ4v) is 4.42. The van der Waals surface area contributed by atoms with Gasteiger partial charge in [-0.3, -0.25) is 0 Å². The maximum atomic E-state index is 15.1. The highest BCUT2D eigenvalue weighted by molar-refractivity contribution is 6.31. The van der Waals surface area contributed by atoms with Gasteiger partial charge < -0.3 is 9.88 Å². The Morgan fingerprint density at radius 2 is 1.74 bits per heavy atom. The van der Waals surface area contributed by atoms with Gasteiger partial charge in [-0.25, -0.2) is 23.1 Å². The molecule has 4 nitrogen and oxygen atoms in total. The van der Waals surface area contributed by atoms with Crippen molar-refractivity contribution in [2.45, 2.75) is 26.3 Å². The minimum atomic E-state index is -0.938. The van der Waals surface area contributed by atoms with Crippen molar-refractivity contribution in [3.63, 3.8) is 0 Å². The molecule has 0 radical (unpaired) electrons. The molecule has 1 aliphatic rings. The Labute approximate surface area is 181 Å². The van der Waals surface area contributed by atoms with Gasteiger partial charge in [-0.05, 0) is 49.1 Å². The number of aromatic amines is 1. The Morgan fingerprint density at radius 1 is 1.00 bits per heavy atom. The fourth-order valence-electron chi connectivity index (χ4n) is 4.26. The lowest BCUT2D eigenvalue weighted by Gasteiger charge is -2.36. The van der Waals surface area contributed by atoms with Crippen LogP contribution in [0, 0.1) is 31.3 Å². The first-order chi connectivity index (χ1) is 14.9. The second-order valence-electron chi connectivity index (χ2n) is 7.81. The van der Waals surface area contributed by atoms with Gasteiger partial charge in [0, 0.05) is 41.1 Å². The van der Waals surface area contributed by atoms with Crippen LogP contribution in [-0.4, -0.2) is 21.5 Å². The third kappa shape index (κ3) is 3.07. The zero-order valence-electron chi connectivity index (χ0n) is 16.8. The summed E-state index contributed by atoms with van der Waals surface area (Å²) in [6.45, 7) is 3.78. The van der Waals surface area contributed by atoms with Crippen molar-refractivity contribution in [1.82, 2.24) is 15.0 Å². The number of nitrogens with zero attached hydrogens (tertiary/aromatic N) is 3. The lowest BCUT2D eigenvalue weighted by atomic mass is 9.91. The molecular formula is C23H18ClF3N4. The number of nitrogens with one attached hydrogen (secondary N) is 1. The minimum absolute atomic E-state index is 0.0164. The van der Waals surface area contributed by atoms with Crippen molar-refractivity contribution in [1.29, 1.82) is 0 Å². The standard InChI is InChI=1S/C23H18ClF3N4/c1-11-9-28-23(29-10-11)31-8-7-13-17-16(6-5-15(24)20(17)27)30-21(13)22(31)14-4-3-12(2)18(25)19(14)26/h3-6,9-10,22,30H,7-8H2,1-2H3. The van der Waals surface area contributed by atoms with Gasteiger partial charge in [-0.1, -0.05) is 23.7 Å². The zero-order chi connectivity index (χ0) is 21.9. The number of hydrogen-bond donors (Lipinski definition) is 1. The van der Waals surface area contributed by atoms with Crippen LogP contribution >= 0.6 is 11.6 Å². The molecule has 0 fully saturated rings. The Balaban J connectivity index is 1.78. The molecule has 8 heteroatoms. The number of anilines is 1. The highest BCUT2D eigenvalue weighted by Gasteiger charge is 2.36. The predicted molar refractivity (Wildman–Crippen MR) is 114 cm³/mol. The maximum absolute atomic E-state index is 15.1. The monoisotopic (exact) mass is 442 g/mol. The number of aryl methyl sites for hydroxylation is 2. The molecule has 2 aromatic carbocycles. The molecule has 5 rings (SSSR count). The van der Waals surface area contributed by atoms with Gasteiger partial charge in [0.05, 0.1) is 5.02 Å². The molecule has 0 spiro atoms. The molecule has 0 amide bonds. The van der Waals surface area contributed by atoms with Crippen molar-refractivity contribution in [3.8, 4) is 0 Å². The number of benzene rings is 2. The lowest BCUT2D eigenvalue weighted by Crippen LogP contribution is -2.38. The highest BCUT2D eigenvalue weighted by atomic mass is 35.5. The predicted octanol–water partition coefficient (Wildman–Crippen LogP) is 5.80. The summed E-state index contributed by atoms with van der Waals surface area (Å²) in [5, 5.41) is 0.396. The molecule has 1 N–H and O–H groups in total. The van der Waals surface area contributed by atoms with Gasteiger partial charge in [0.2, 0.25) is 5.95 Å². The van der Waals surface area contributed by atoms with E-state index in [0.29, 0.717) is 41.1 Å². The van der Waals surface area contributed by atoms with E-state index in [4.69, 9.17) is 11.6 Å². The van der Waals surface area contributed by atoms with Crippen LogP contribution in [0.2, 0.25) is 5.02 Å². The van der Waals surface area contributed by atoms with E-state index in [1.54, 1.807) is 24.5 Å². The van der Waals surface area contributed by atoms with Crippen LogP contribution in [0.5, 0.6) is 0 Å². The van der Waals surface area contributed by atoms with Crippen LogP contribution in [0.1, 0.15) is 34.0 Å². The first-order valence-electron chi connectivity index (χ1n) is 9.85. The van der Waals surface area contributed by atoms with E-state index < -0.39 is 23.5 Å². The molecule has 0 aliphatic carbocycles. The third-order valence-corrected chi connectivity index (χ3v) is 6.09. The smallest absolute Gasteiger partial charge is 0.226 e. The molecule has 4 aromatic rings. The average Bonchev–Trinajstić information content (AvgIpc) is 3.14. The summed E-state index contributed by atoms with van der Waals surface area (Å²) in [5.41, 5.74) is 3.05. The Hall–Kier alpha value is -3.06. The number of H-pyrrole nitrogens is 1. The van der Waals surface area contributed by atoms with Crippen LogP contribution in [0.3, 0.4) is 0 Å². The molecule has 158 valence electrons. The van der Waals surface area contributed by atoms with Crippen molar-refractivity contribution >= 4 is 28.5 Å². The molecule has 0 saturated carbocycles. The quantitative estimate of drug-likeness (QED) is 0.427. The van der Waals surface area contributed by atoms with Crippen molar-refractivity contribution in [2.24, 2.45) is 0 Å². The van der Waals surface area contributed by atoms with Gasteiger partial charge in [0.25, 0.3) is 0 Å². The van der Waals surface area contributed by atoms with Crippen LogP contribution in [-0.2, 0) is 6.42 Å². The van der Waals surface area contributed by atoms with Gasteiger partial charge >= 0.3 is 0 Å². The molecule has 31 heavy (non-hydrogen) atoms. The van der Waals surface area contributed by atoms with Gasteiger partial charge in [0.15, 0.2) is 17.5 Å². The number of fused-ring (bicyclic) bond motifs is 3. The number of halogens is 4. The number of aromatic nitrogens is 3. The average molecular weight is 443 g/mol. The van der Waals surface area contributed by atoms with Crippen LogP contribution in [0.25, 0.3) is 10.9 Å². The van der Waals surface area contributed by atoms with Crippen LogP contribution in [0.15, 0.2) is 36.7 Å². The minimum Gasteiger partial charge on any atom is -0.356 e. The zero-order valence-corrected chi connectivity index (χ0v) is 17.6.